The molecule has 0 aromatic heterocycles. The molecular weight excluding hydrogens is 394 g/mol. The van der Waals surface area contributed by atoms with E-state index in [1.807, 2.05) is 6.07 Å². The van der Waals surface area contributed by atoms with Crippen LogP contribution < -0.4 is 0 Å². The van der Waals surface area contributed by atoms with Crippen molar-refractivity contribution in [1.29, 1.82) is 0 Å². The number of hydrogen-bond acceptors (Lipinski definition) is 2. The Morgan fingerprint density at radius 2 is 2.05 bits per heavy atom. The van der Waals surface area contributed by atoms with Crippen LogP contribution in [0.4, 0.5) is 0 Å². The van der Waals surface area contributed by atoms with Gasteiger partial charge in [0.2, 0.25) is 10.0 Å². The van der Waals surface area contributed by atoms with E-state index in [-0.39, 0.29) is 6.04 Å². The van der Waals surface area contributed by atoms with Crippen LogP contribution in [0.25, 0.3) is 0 Å². The largest absolute Gasteiger partial charge is 0.244 e. The fourth-order valence-corrected chi connectivity index (χ4v) is 5.73. The molecule has 1 aromatic rings. The van der Waals surface area contributed by atoms with Crippen molar-refractivity contribution in [3.8, 4) is 0 Å². The van der Waals surface area contributed by atoms with E-state index < -0.39 is 10.0 Å². The lowest BCUT2D eigenvalue weighted by atomic mass is 10.0. The summed E-state index contributed by atoms with van der Waals surface area (Å²) in [5, 5.41) is 0. The Bertz CT molecular complexity index is 560. The van der Waals surface area contributed by atoms with Gasteiger partial charge in [0.1, 0.15) is 0 Å². The maximum absolute atomic E-state index is 12.8. The first kappa shape index (κ1) is 15.5. The molecule has 1 aliphatic rings. The molecule has 1 saturated heterocycles. The summed E-state index contributed by atoms with van der Waals surface area (Å²) in [5.41, 5.74) is 0. The zero-order chi connectivity index (χ0) is 14.0. The van der Waals surface area contributed by atoms with Crippen molar-refractivity contribution in [2.24, 2.45) is 0 Å². The Morgan fingerprint density at radius 1 is 1.32 bits per heavy atom. The Labute approximate surface area is 131 Å². The van der Waals surface area contributed by atoms with Gasteiger partial charge in [-0.05, 0) is 53.4 Å². The predicted molar refractivity (Wildman–Crippen MR) is 83.7 cm³/mol. The maximum atomic E-state index is 12.8. The van der Waals surface area contributed by atoms with Crippen LogP contribution in [-0.2, 0) is 10.0 Å². The first-order valence-corrected chi connectivity index (χ1v) is 9.46. The van der Waals surface area contributed by atoms with E-state index in [1.165, 1.54) is 0 Å². The Hall–Kier alpha value is 0.0900. The molecule has 3 nitrogen and oxygen atoms in total. The summed E-state index contributed by atoms with van der Waals surface area (Å²) in [4.78, 5) is 0.349. The molecule has 0 bridgehead atoms. The second-order valence-corrected chi connectivity index (χ2v) is 8.38. The molecule has 1 aromatic carbocycles. The van der Waals surface area contributed by atoms with Gasteiger partial charge in [0.05, 0.1) is 4.90 Å². The third-order valence-electron chi connectivity index (χ3n) is 3.52. The lowest BCUT2D eigenvalue weighted by Gasteiger charge is -2.34. The van der Waals surface area contributed by atoms with Crippen LogP contribution in [0.1, 0.15) is 32.6 Å². The quantitative estimate of drug-likeness (QED) is 0.749. The molecule has 0 N–H and O–H groups in total. The molecule has 0 aliphatic carbocycles. The maximum Gasteiger partial charge on any atom is 0.244 e. The van der Waals surface area contributed by atoms with Crippen LogP contribution in [-0.4, -0.2) is 25.3 Å². The van der Waals surface area contributed by atoms with Crippen molar-refractivity contribution in [2.45, 2.75) is 43.5 Å². The third-order valence-corrected chi connectivity index (χ3v) is 6.96. The molecule has 6 heteroatoms. The van der Waals surface area contributed by atoms with Crippen molar-refractivity contribution in [3.05, 3.63) is 27.1 Å². The zero-order valence-electron chi connectivity index (χ0n) is 10.8. The van der Waals surface area contributed by atoms with Gasteiger partial charge in [-0.25, -0.2) is 8.42 Å². The first-order valence-electron chi connectivity index (χ1n) is 6.43. The molecule has 0 amide bonds. The van der Waals surface area contributed by atoms with E-state index >= 15 is 0 Å². The highest BCUT2D eigenvalue weighted by molar-refractivity contribution is 9.11. The Balaban J connectivity index is 2.43. The van der Waals surface area contributed by atoms with E-state index in [2.05, 4.69) is 38.8 Å². The van der Waals surface area contributed by atoms with Crippen molar-refractivity contribution in [1.82, 2.24) is 4.31 Å². The van der Waals surface area contributed by atoms with E-state index in [9.17, 15) is 8.42 Å². The lowest BCUT2D eigenvalue weighted by molar-refractivity contribution is 0.246. The van der Waals surface area contributed by atoms with Crippen molar-refractivity contribution >= 4 is 41.9 Å². The van der Waals surface area contributed by atoms with Crippen LogP contribution in [0.2, 0.25) is 0 Å². The molecule has 0 saturated carbocycles. The number of halogens is 2. The third kappa shape index (κ3) is 3.23. The summed E-state index contributed by atoms with van der Waals surface area (Å²) in [6.45, 7) is 2.67. The molecule has 1 fully saturated rings. The average molecular weight is 411 g/mol. The minimum absolute atomic E-state index is 0.129. The summed E-state index contributed by atoms with van der Waals surface area (Å²) in [7, 11) is -3.42. The number of rotatable bonds is 3. The highest BCUT2D eigenvalue weighted by Gasteiger charge is 2.33. The second kappa shape index (κ2) is 6.24. The summed E-state index contributed by atoms with van der Waals surface area (Å²) in [6.07, 6.45) is 3.89. The molecule has 1 atom stereocenters. The number of piperidine rings is 1. The molecule has 106 valence electrons. The van der Waals surface area contributed by atoms with Crippen LogP contribution in [0.3, 0.4) is 0 Å². The minimum atomic E-state index is -3.42. The summed E-state index contributed by atoms with van der Waals surface area (Å²) in [6, 6.07) is 5.39. The SMILES string of the molecule is CC[C@H]1CCCCN1S(=O)(=O)c1cc(Br)ccc1Br. The van der Waals surface area contributed by atoms with Gasteiger partial charge in [-0.1, -0.05) is 29.3 Å². The van der Waals surface area contributed by atoms with E-state index in [0.29, 0.717) is 15.9 Å². The topological polar surface area (TPSA) is 37.4 Å². The second-order valence-electron chi connectivity index (χ2n) is 4.75. The molecule has 0 spiro atoms. The molecule has 1 heterocycles. The number of benzene rings is 1. The average Bonchev–Trinajstić information content (AvgIpc) is 2.41. The molecule has 0 radical (unpaired) electrons. The first-order chi connectivity index (χ1) is 8.96. The van der Waals surface area contributed by atoms with Crippen molar-refractivity contribution < 1.29 is 8.42 Å². The van der Waals surface area contributed by atoms with Crippen LogP contribution >= 0.6 is 31.9 Å². The lowest BCUT2D eigenvalue weighted by Crippen LogP contribution is -2.43. The van der Waals surface area contributed by atoms with E-state index in [1.54, 1.807) is 16.4 Å². The zero-order valence-corrected chi connectivity index (χ0v) is 14.8. The van der Waals surface area contributed by atoms with Crippen LogP contribution in [0, 0.1) is 0 Å². The predicted octanol–water partition coefficient (Wildman–Crippen LogP) is 4.16. The Morgan fingerprint density at radius 3 is 2.74 bits per heavy atom. The molecular formula is C13H17Br2NO2S. The molecule has 1 aliphatic heterocycles. The van der Waals surface area contributed by atoms with Crippen molar-refractivity contribution in [2.75, 3.05) is 6.54 Å². The minimum Gasteiger partial charge on any atom is -0.207 e. The Kier molecular flexibility index (Phi) is 5.09. The smallest absolute Gasteiger partial charge is 0.207 e. The van der Waals surface area contributed by atoms with Gasteiger partial charge in [-0.15, -0.1) is 0 Å². The monoisotopic (exact) mass is 409 g/mol. The van der Waals surface area contributed by atoms with Gasteiger partial charge in [-0.2, -0.15) is 4.31 Å². The standard InChI is InChI=1S/C13H17Br2NO2S/c1-2-11-5-3-4-8-16(11)19(17,18)13-9-10(14)6-7-12(13)15/h6-7,9,11H,2-5,8H2,1H3/t11-/m0/s1. The number of nitrogens with zero attached hydrogens (tertiary/aromatic N) is 1. The van der Waals surface area contributed by atoms with Crippen molar-refractivity contribution in [3.63, 3.8) is 0 Å². The van der Waals surface area contributed by atoms with Gasteiger partial charge in [0.25, 0.3) is 0 Å². The number of sulfonamides is 1. The summed E-state index contributed by atoms with van der Waals surface area (Å²) >= 11 is 6.69. The molecule has 0 unspecified atom stereocenters. The molecule has 19 heavy (non-hydrogen) atoms. The van der Waals surface area contributed by atoms with Crippen LogP contribution in [0.5, 0.6) is 0 Å². The van der Waals surface area contributed by atoms with Gasteiger partial charge in [-0.3, -0.25) is 0 Å². The normalized spacial score (nSPS) is 21.5. The fourth-order valence-electron chi connectivity index (χ4n) is 2.50. The van der Waals surface area contributed by atoms with Gasteiger partial charge < -0.3 is 0 Å². The highest BCUT2D eigenvalue weighted by Crippen LogP contribution is 2.32. The molecule has 2 rings (SSSR count). The van der Waals surface area contributed by atoms with Gasteiger partial charge in [0.15, 0.2) is 0 Å². The summed E-state index contributed by atoms with van der Waals surface area (Å²) < 4.78 is 28.7. The van der Waals surface area contributed by atoms with Crippen LogP contribution in [0.15, 0.2) is 32.0 Å². The van der Waals surface area contributed by atoms with Gasteiger partial charge >= 0.3 is 0 Å². The summed E-state index contributed by atoms with van der Waals surface area (Å²) in [5.74, 6) is 0. The highest BCUT2D eigenvalue weighted by atomic mass is 79.9. The van der Waals surface area contributed by atoms with Gasteiger partial charge in [0, 0.05) is 21.5 Å². The van der Waals surface area contributed by atoms with E-state index in [0.717, 1.165) is 30.2 Å². The number of hydrogen-bond donors (Lipinski definition) is 0. The van der Waals surface area contributed by atoms with E-state index in [4.69, 9.17) is 0 Å². The fraction of sp³-hybridized carbons (Fsp3) is 0.538.